The highest BCUT2D eigenvalue weighted by Crippen LogP contribution is 2.31. The predicted octanol–water partition coefficient (Wildman–Crippen LogP) is 4.52. The number of hydrogen-bond donors (Lipinski definition) is 1. The zero-order valence-electron chi connectivity index (χ0n) is 9.61. The first-order valence-corrected chi connectivity index (χ1v) is 6.75. The molecule has 0 aliphatic rings. The number of thioether (sulfide) groups is 1. The molecule has 0 saturated carbocycles. The molecule has 0 saturated heterocycles. The number of nitrogen functional groups attached to an aromatic ring is 1. The van der Waals surface area contributed by atoms with Gasteiger partial charge in [-0.2, -0.15) is 0 Å². The van der Waals surface area contributed by atoms with Crippen LogP contribution in [0.3, 0.4) is 0 Å². The summed E-state index contributed by atoms with van der Waals surface area (Å²) in [6.45, 7) is 2.10. The fourth-order valence-electron chi connectivity index (χ4n) is 1.60. The Labute approximate surface area is 111 Å². The molecule has 0 unspecified atom stereocenters. The maximum atomic E-state index is 6.13. The lowest BCUT2D eigenvalue weighted by molar-refractivity contribution is 1.34. The molecule has 0 atom stereocenters. The standard InChI is InChI=1S/C14H14ClNS/c1-10-3-2-4-11(7-10)9-17-14-6-5-12(16)8-13(14)15/h2-8H,9,16H2,1H3. The van der Waals surface area contributed by atoms with Crippen LogP contribution in [0.1, 0.15) is 11.1 Å². The van der Waals surface area contributed by atoms with E-state index in [9.17, 15) is 0 Å². The number of hydrogen-bond acceptors (Lipinski definition) is 2. The minimum Gasteiger partial charge on any atom is -0.399 e. The van der Waals surface area contributed by atoms with Crippen molar-refractivity contribution in [2.24, 2.45) is 0 Å². The minimum absolute atomic E-state index is 0.704. The van der Waals surface area contributed by atoms with Gasteiger partial charge in [-0.1, -0.05) is 41.4 Å². The quantitative estimate of drug-likeness (QED) is 0.651. The number of aryl methyl sites for hydroxylation is 1. The minimum atomic E-state index is 0.704. The van der Waals surface area contributed by atoms with Gasteiger partial charge in [-0.05, 0) is 30.7 Å². The molecule has 0 amide bonds. The summed E-state index contributed by atoms with van der Waals surface area (Å²) < 4.78 is 0. The number of benzene rings is 2. The molecule has 2 N–H and O–H groups in total. The van der Waals surface area contributed by atoms with Crippen LogP contribution in [0, 0.1) is 6.92 Å². The highest BCUT2D eigenvalue weighted by atomic mass is 35.5. The summed E-state index contributed by atoms with van der Waals surface area (Å²) in [5, 5.41) is 0.725. The summed E-state index contributed by atoms with van der Waals surface area (Å²) in [5.74, 6) is 0.922. The normalized spacial score (nSPS) is 10.5. The molecule has 0 radical (unpaired) electrons. The van der Waals surface area contributed by atoms with Crippen molar-refractivity contribution < 1.29 is 0 Å². The SMILES string of the molecule is Cc1cccc(CSc2ccc(N)cc2Cl)c1. The van der Waals surface area contributed by atoms with E-state index in [1.807, 2.05) is 12.1 Å². The lowest BCUT2D eigenvalue weighted by Crippen LogP contribution is -1.86. The second-order valence-corrected chi connectivity index (χ2v) is 5.39. The van der Waals surface area contributed by atoms with Crippen LogP contribution in [0.5, 0.6) is 0 Å². The van der Waals surface area contributed by atoms with E-state index in [0.717, 1.165) is 15.7 Å². The first-order chi connectivity index (χ1) is 8.15. The Hall–Kier alpha value is -1.12. The Balaban J connectivity index is 2.07. The first kappa shape index (κ1) is 12.3. The van der Waals surface area contributed by atoms with Crippen molar-refractivity contribution in [2.75, 3.05) is 5.73 Å². The van der Waals surface area contributed by atoms with Crippen LogP contribution in [-0.4, -0.2) is 0 Å². The Bertz CT molecular complexity index is 525. The molecule has 2 aromatic carbocycles. The van der Waals surface area contributed by atoms with E-state index < -0.39 is 0 Å². The molecule has 0 aliphatic heterocycles. The van der Waals surface area contributed by atoms with Crippen LogP contribution in [0.2, 0.25) is 5.02 Å². The largest absolute Gasteiger partial charge is 0.399 e. The summed E-state index contributed by atoms with van der Waals surface area (Å²) in [5.41, 5.74) is 8.96. The van der Waals surface area contributed by atoms with Gasteiger partial charge in [0.15, 0.2) is 0 Å². The van der Waals surface area contributed by atoms with Crippen LogP contribution in [-0.2, 0) is 5.75 Å². The van der Waals surface area contributed by atoms with Crippen LogP contribution in [0.25, 0.3) is 0 Å². The topological polar surface area (TPSA) is 26.0 Å². The first-order valence-electron chi connectivity index (χ1n) is 5.38. The van der Waals surface area contributed by atoms with Gasteiger partial charge in [0.05, 0.1) is 5.02 Å². The molecule has 2 rings (SSSR count). The van der Waals surface area contributed by atoms with Crippen LogP contribution in [0.4, 0.5) is 5.69 Å². The number of anilines is 1. The Morgan fingerprint density at radius 2 is 2.00 bits per heavy atom. The lowest BCUT2D eigenvalue weighted by Gasteiger charge is -2.05. The molecule has 0 spiro atoms. The summed E-state index contributed by atoms with van der Waals surface area (Å²) in [7, 11) is 0. The molecule has 0 heterocycles. The fraction of sp³-hybridized carbons (Fsp3) is 0.143. The van der Waals surface area contributed by atoms with Gasteiger partial charge < -0.3 is 5.73 Å². The zero-order valence-corrected chi connectivity index (χ0v) is 11.2. The van der Waals surface area contributed by atoms with E-state index in [1.165, 1.54) is 11.1 Å². The summed E-state index contributed by atoms with van der Waals surface area (Å²) >= 11 is 7.86. The molecule has 88 valence electrons. The molecule has 2 aromatic rings. The van der Waals surface area contributed by atoms with Crippen LogP contribution in [0.15, 0.2) is 47.4 Å². The van der Waals surface area contributed by atoms with Gasteiger partial charge >= 0.3 is 0 Å². The van der Waals surface area contributed by atoms with Crippen LogP contribution >= 0.6 is 23.4 Å². The Morgan fingerprint density at radius 1 is 1.18 bits per heavy atom. The van der Waals surface area contributed by atoms with E-state index in [4.69, 9.17) is 17.3 Å². The number of halogens is 1. The Kier molecular flexibility index (Phi) is 3.97. The second-order valence-electron chi connectivity index (χ2n) is 3.97. The molecule has 0 aliphatic carbocycles. The number of nitrogens with two attached hydrogens (primary N) is 1. The van der Waals surface area contributed by atoms with Gasteiger partial charge in [0, 0.05) is 16.3 Å². The maximum absolute atomic E-state index is 6.13. The smallest absolute Gasteiger partial charge is 0.0562 e. The van der Waals surface area contributed by atoms with Crippen LogP contribution < -0.4 is 5.73 Å². The third-order valence-electron chi connectivity index (χ3n) is 2.43. The predicted molar refractivity (Wildman–Crippen MR) is 76.6 cm³/mol. The third kappa shape index (κ3) is 3.42. The van der Waals surface area contributed by atoms with E-state index in [2.05, 4.69) is 31.2 Å². The summed E-state index contributed by atoms with van der Waals surface area (Å²) in [6, 6.07) is 14.1. The molecule has 3 heteroatoms. The highest BCUT2D eigenvalue weighted by molar-refractivity contribution is 7.98. The molecular formula is C14H14ClNS. The van der Waals surface area contributed by atoms with E-state index in [1.54, 1.807) is 17.8 Å². The third-order valence-corrected chi connectivity index (χ3v) is 4.00. The number of rotatable bonds is 3. The van der Waals surface area contributed by atoms with Crippen molar-refractivity contribution in [3.05, 3.63) is 58.6 Å². The fourth-order valence-corrected chi connectivity index (χ4v) is 2.81. The van der Waals surface area contributed by atoms with Gasteiger partial charge in [0.1, 0.15) is 0 Å². The zero-order chi connectivity index (χ0) is 12.3. The Morgan fingerprint density at radius 3 is 2.71 bits per heavy atom. The van der Waals surface area contributed by atoms with Crippen molar-refractivity contribution in [3.8, 4) is 0 Å². The van der Waals surface area contributed by atoms with E-state index in [0.29, 0.717) is 5.69 Å². The monoisotopic (exact) mass is 263 g/mol. The van der Waals surface area contributed by atoms with Gasteiger partial charge in [-0.25, -0.2) is 0 Å². The molecule has 0 fully saturated rings. The molecule has 17 heavy (non-hydrogen) atoms. The van der Waals surface area contributed by atoms with Crippen molar-refractivity contribution in [1.82, 2.24) is 0 Å². The van der Waals surface area contributed by atoms with Crippen molar-refractivity contribution >= 4 is 29.1 Å². The van der Waals surface area contributed by atoms with Crippen molar-refractivity contribution in [2.45, 2.75) is 17.6 Å². The van der Waals surface area contributed by atoms with E-state index in [-0.39, 0.29) is 0 Å². The van der Waals surface area contributed by atoms with Gasteiger partial charge in [-0.15, -0.1) is 11.8 Å². The van der Waals surface area contributed by atoms with Gasteiger partial charge in [0.2, 0.25) is 0 Å². The van der Waals surface area contributed by atoms with Gasteiger partial charge in [0.25, 0.3) is 0 Å². The highest BCUT2D eigenvalue weighted by Gasteiger charge is 2.02. The molecule has 1 nitrogen and oxygen atoms in total. The van der Waals surface area contributed by atoms with E-state index >= 15 is 0 Å². The van der Waals surface area contributed by atoms with Crippen molar-refractivity contribution in [3.63, 3.8) is 0 Å². The average molecular weight is 264 g/mol. The van der Waals surface area contributed by atoms with Crippen molar-refractivity contribution in [1.29, 1.82) is 0 Å². The molecule has 0 aromatic heterocycles. The average Bonchev–Trinajstić information content (AvgIpc) is 2.28. The second kappa shape index (κ2) is 5.48. The molecular weight excluding hydrogens is 250 g/mol. The lowest BCUT2D eigenvalue weighted by atomic mass is 10.2. The molecule has 0 bridgehead atoms. The maximum Gasteiger partial charge on any atom is 0.0562 e. The summed E-state index contributed by atoms with van der Waals surface area (Å²) in [6.07, 6.45) is 0. The summed E-state index contributed by atoms with van der Waals surface area (Å²) in [4.78, 5) is 1.07. The van der Waals surface area contributed by atoms with Gasteiger partial charge in [-0.3, -0.25) is 0 Å².